The highest BCUT2D eigenvalue weighted by molar-refractivity contribution is 6.41. The highest BCUT2D eigenvalue weighted by atomic mass is 35.5. The van der Waals surface area contributed by atoms with Crippen LogP contribution in [0.1, 0.15) is 42.6 Å². The first-order valence-electron chi connectivity index (χ1n) is 15.6. The maximum atomic E-state index is 12.9. The molecule has 1 saturated carbocycles. The molecule has 5 N–H and O–H groups in total. The van der Waals surface area contributed by atoms with Crippen molar-refractivity contribution < 1.29 is 32.3 Å². The second kappa shape index (κ2) is 15.4. The number of hydrogen-bond donors (Lipinski definition) is 5. The van der Waals surface area contributed by atoms with E-state index in [-0.39, 0.29) is 25.0 Å². The quantitative estimate of drug-likeness (QED) is 0.0967. The van der Waals surface area contributed by atoms with Crippen molar-refractivity contribution in [3.8, 4) is 6.01 Å². The van der Waals surface area contributed by atoms with E-state index in [0.29, 0.717) is 27.0 Å². The lowest BCUT2D eigenvalue weighted by molar-refractivity contribution is -0.154. The Hall–Kier alpha value is -5.15. The molecule has 51 heavy (non-hydrogen) atoms. The summed E-state index contributed by atoms with van der Waals surface area (Å²) in [5.74, 6) is -2.21. The Morgan fingerprint density at radius 2 is 1.47 bits per heavy atom. The minimum absolute atomic E-state index is 0.00754. The summed E-state index contributed by atoms with van der Waals surface area (Å²) in [5.41, 5.74) is 0.816. The molecule has 1 aromatic heterocycles. The summed E-state index contributed by atoms with van der Waals surface area (Å²) >= 11 is 12.1. The van der Waals surface area contributed by atoms with Crippen molar-refractivity contribution in [1.29, 1.82) is 0 Å². The largest absolute Gasteiger partial charge is 0.454 e. The average Bonchev–Trinajstić information content (AvgIpc) is 3.86. The Morgan fingerprint density at radius 3 is 2.12 bits per heavy atom. The molecule has 3 aromatic carbocycles. The normalized spacial score (nSPS) is 13.5. The van der Waals surface area contributed by atoms with Crippen molar-refractivity contribution in [3.05, 3.63) is 94.0 Å². The standard InChI is InChI=1S/C34H33Cl2F3N8O4/c1-32(2,18-41-27(49)28(50)43-25-6-4-3-5-24(25)36)17-40-26(48)20-7-13-23(14-8-20)42-29-44-30(46-31(45-29)51-19-34(37,38)39)47-33(15-16-33)21-9-11-22(35)12-10-21/h3-14H,15-19H2,1-2H3,(H,40,48)(H,41,49)(H,43,50)(H2,42,44,45,46,47). The van der Waals surface area contributed by atoms with E-state index in [1.807, 2.05) is 12.1 Å². The monoisotopic (exact) mass is 744 g/mol. The van der Waals surface area contributed by atoms with Gasteiger partial charge in [-0.15, -0.1) is 0 Å². The number of nitrogens with zero attached hydrogens (tertiary/aromatic N) is 3. The van der Waals surface area contributed by atoms with E-state index >= 15 is 0 Å². The number of para-hydroxylation sites is 1. The molecule has 1 aliphatic rings. The highest BCUT2D eigenvalue weighted by Crippen LogP contribution is 2.48. The third-order valence-electron chi connectivity index (χ3n) is 7.66. The van der Waals surface area contributed by atoms with Gasteiger partial charge in [-0.3, -0.25) is 14.4 Å². The Labute approximate surface area is 300 Å². The van der Waals surface area contributed by atoms with Crippen molar-refractivity contribution in [2.75, 3.05) is 35.6 Å². The summed E-state index contributed by atoms with van der Waals surface area (Å²) in [4.78, 5) is 49.9. The molecule has 0 atom stereocenters. The van der Waals surface area contributed by atoms with E-state index in [1.165, 1.54) is 12.1 Å². The summed E-state index contributed by atoms with van der Waals surface area (Å²) in [6.07, 6.45) is -3.14. The summed E-state index contributed by atoms with van der Waals surface area (Å²) in [6, 6.07) is 19.4. The molecule has 268 valence electrons. The second-order valence-corrected chi connectivity index (χ2v) is 13.4. The molecule has 17 heteroatoms. The van der Waals surface area contributed by atoms with Crippen LogP contribution in [0.5, 0.6) is 6.01 Å². The molecule has 0 aliphatic heterocycles. The first kappa shape index (κ1) is 37.1. The number of aromatic nitrogens is 3. The number of amides is 3. The van der Waals surface area contributed by atoms with Crippen molar-refractivity contribution in [3.63, 3.8) is 0 Å². The number of carbonyl (C=O) groups excluding carboxylic acids is 3. The molecule has 3 amide bonds. The molecule has 12 nitrogen and oxygen atoms in total. The lowest BCUT2D eigenvalue weighted by Crippen LogP contribution is -2.45. The lowest BCUT2D eigenvalue weighted by atomic mass is 9.93. The van der Waals surface area contributed by atoms with Gasteiger partial charge >= 0.3 is 24.0 Å². The predicted octanol–water partition coefficient (Wildman–Crippen LogP) is 6.48. The van der Waals surface area contributed by atoms with Gasteiger partial charge in [0.2, 0.25) is 11.9 Å². The average molecular weight is 746 g/mol. The molecule has 0 spiro atoms. The van der Waals surface area contributed by atoms with Gasteiger partial charge < -0.3 is 31.3 Å². The maximum Gasteiger partial charge on any atom is 0.422 e. The molecule has 0 unspecified atom stereocenters. The summed E-state index contributed by atoms with van der Waals surface area (Å²) < 4.78 is 43.6. The number of ether oxygens (including phenoxy) is 1. The first-order chi connectivity index (χ1) is 24.1. The second-order valence-electron chi connectivity index (χ2n) is 12.5. The number of hydrogen-bond acceptors (Lipinski definition) is 9. The van der Waals surface area contributed by atoms with Crippen LogP contribution >= 0.6 is 23.2 Å². The molecule has 4 aromatic rings. The van der Waals surface area contributed by atoms with E-state index in [1.54, 1.807) is 62.4 Å². The number of anilines is 4. The number of nitrogens with one attached hydrogen (secondary N) is 5. The van der Waals surface area contributed by atoms with Crippen LogP contribution < -0.4 is 31.3 Å². The van der Waals surface area contributed by atoms with Crippen molar-refractivity contribution >= 4 is 64.2 Å². The molecular weight excluding hydrogens is 712 g/mol. The molecule has 1 aliphatic carbocycles. The van der Waals surface area contributed by atoms with Gasteiger partial charge in [0.05, 0.1) is 16.2 Å². The van der Waals surface area contributed by atoms with Crippen molar-refractivity contribution in [2.24, 2.45) is 5.41 Å². The molecular formula is C34H33Cl2F3N8O4. The van der Waals surface area contributed by atoms with Gasteiger partial charge in [-0.05, 0) is 72.4 Å². The van der Waals surface area contributed by atoms with Crippen LogP contribution in [0.2, 0.25) is 10.0 Å². The van der Waals surface area contributed by atoms with Crippen molar-refractivity contribution in [1.82, 2.24) is 25.6 Å². The van der Waals surface area contributed by atoms with Crippen LogP contribution in [0.15, 0.2) is 72.8 Å². The van der Waals surface area contributed by atoms with E-state index < -0.39 is 47.5 Å². The molecule has 5 rings (SSSR count). The lowest BCUT2D eigenvalue weighted by Gasteiger charge is -2.25. The fraction of sp³-hybridized carbons (Fsp3) is 0.294. The highest BCUT2D eigenvalue weighted by Gasteiger charge is 2.45. The van der Waals surface area contributed by atoms with E-state index in [0.717, 1.165) is 18.4 Å². The van der Waals surface area contributed by atoms with Crippen LogP contribution in [-0.4, -0.2) is 58.5 Å². The Bertz CT molecular complexity index is 1890. The third kappa shape index (κ3) is 10.7. The van der Waals surface area contributed by atoms with E-state index in [2.05, 4.69) is 41.5 Å². The number of alkyl halides is 3. The maximum absolute atomic E-state index is 12.9. The van der Waals surface area contributed by atoms with Gasteiger partial charge in [0.25, 0.3) is 5.91 Å². The zero-order chi connectivity index (χ0) is 36.8. The van der Waals surface area contributed by atoms with E-state index in [4.69, 9.17) is 27.9 Å². The number of rotatable bonds is 13. The smallest absolute Gasteiger partial charge is 0.422 e. The summed E-state index contributed by atoms with van der Waals surface area (Å²) in [7, 11) is 0. The topological polar surface area (TPSA) is 159 Å². The fourth-order valence-corrected chi connectivity index (χ4v) is 5.04. The number of carbonyl (C=O) groups is 3. The number of benzene rings is 3. The summed E-state index contributed by atoms with van der Waals surface area (Å²) in [5, 5.41) is 14.8. The number of halogens is 5. The Kier molecular flexibility index (Phi) is 11.2. The van der Waals surface area contributed by atoms with Crippen molar-refractivity contribution in [2.45, 2.75) is 38.4 Å². The molecule has 0 radical (unpaired) electrons. The Morgan fingerprint density at radius 1 is 0.824 bits per heavy atom. The molecule has 0 saturated heterocycles. The Balaban J connectivity index is 1.18. The minimum atomic E-state index is -4.61. The zero-order valence-electron chi connectivity index (χ0n) is 27.3. The van der Waals surface area contributed by atoms with Gasteiger partial charge in [0, 0.05) is 29.4 Å². The molecule has 1 fully saturated rings. The van der Waals surface area contributed by atoms with Crippen LogP contribution in [0, 0.1) is 5.41 Å². The van der Waals surface area contributed by atoms with Gasteiger partial charge in [-0.2, -0.15) is 28.1 Å². The van der Waals surface area contributed by atoms with Gasteiger partial charge in [0.15, 0.2) is 6.61 Å². The SMILES string of the molecule is CC(C)(CNC(=O)C(=O)Nc1ccccc1Cl)CNC(=O)c1ccc(Nc2nc(NC3(c4ccc(Cl)cc4)CC3)nc(OCC(F)(F)F)n2)cc1. The zero-order valence-corrected chi connectivity index (χ0v) is 28.8. The van der Waals surface area contributed by atoms with Crippen LogP contribution in [0.3, 0.4) is 0 Å². The van der Waals surface area contributed by atoms with Crippen LogP contribution in [-0.2, 0) is 15.1 Å². The fourth-order valence-electron chi connectivity index (χ4n) is 4.73. The van der Waals surface area contributed by atoms with Gasteiger partial charge in [-0.1, -0.05) is 61.3 Å². The third-order valence-corrected chi connectivity index (χ3v) is 8.25. The van der Waals surface area contributed by atoms with Gasteiger partial charge in [-0.25, -0.2) is 0 Å². The molecule has 0 bridgehead atoms. The van der Waals surface area contributed by atoms with Crippen LogP contribution in [0.4, 0.5) is 36.4 Å². The predicted molar refractivity (Wildman–Crippen MR) is 186 cm³/mol. The first-order valence-corrected chi connectivity index (χ1v) is 16.3. The minimum Gasteiger partial charge on any atom is -0.454 e. The summed E-state index contributed by atoms with van der Waals surface area (Å²) in [6.45, 7) is 2.26. The van der Waals surface area contributed by atoms with Gasteiger partial charge in [0.1, 0.15) is 0 Å². The molecule has 1 heterocycles. The van der Waals surface area contributed by atoms with E-state index in [9.17, 15) is 27.6 Å². The van der Waals surface area contributed by atoms with Crippen LogP contribution in [0.25, 0.3) is 0 Å².